The van der Waals surface area contributed by atoms with Crippen molar-refractivity contribution in [3.63, 3.8) is 0 Å². The van der Waals surface area contributed by atoms with E-state index in [0.29, 0.717) is 6.04 Å². The number of aromatic nitrogens is 2. The molecule has 0 bridgehead atoms. The second-order valence-corrected chi connectivity index (χ2v) is 6.12. The van der Waals surface area contributed by atoms with Gasteiger partial charge >= 0.3 is 0 Å². The molecule has 0 saturated carbocycles. The maximum Gasteiger partial charge on any atom is 0.129 e. The summed E-state index contributed by atoms with van der Waals surface area (Å²) in [4.78, 5) is 0. The van der Waals surface area contributed by atoms with Crippen LogP contribution in [0.1, 0.15) is 35.4 Å². The first-order chi connectivity index (χ1) is 9.58. The molecule has 2 aromatic rings. The van der Waals surface area contributed by atoms with Crippen molar-refractivity contribution in [2.24, 2.45) is 7.05 Å². The molecule has 5 heteroatoms. The Bertz CT molecular complexity index is 638. The molecular weight excluding hydrogens is 318 g/mol. The first kappa shape index (κ1) is 13.6. The molecule has 1 aliphatic heterocycles. The summed E-state index contributed by atoms with van der Waals surface area (Å²) < 4.78 is 9.11. The van der Waals surface area contributed by atoms with E-state index in [4.69, 9.17) is 4.74 Å². The Kier molecular flexibility index (Phi) is 3.56. The van der Waals surface area contributed by atoms with E-state index in [2.05, 4.69) is 38.6 Å². The van der Waals surface area contributed by atoms with Gasteiger partial charge in [0.15, 0.2) is 0 Å². The molecule has 2 unspecified atom stereocenters. The molecule has 1 N–H and O–H groups in total. The van der Waals surface area contributed by atoms with Crippen molar-refractivity contribution in [2.45, 2.75) is 25.5 Å². The number of benzene rings is 1. The number of halogens is 1. The van der Waals surface area contributed by atoms with E-state index in [9.17, 15) is 0 Å². The Morgan fingerprint density at radius 1 is 1.40 bits per heavy atom. The summed E-state index contributed by atoms with van der Waals surface area (Å²) in [6.07, 6.45) is 3.01. The molecule has 4 nitrogen and oxygen atoms in total. The SMILES string of the molecule is CNC1CC(c2cn(C)nc2C)Oc2ccc(Br)cc21. The summed E-state index contributed by atoms with van der Waals surface area (Å²) in [6, 6.07) is 6.47. The quantitative estimate of drug-likeness (QED) is 0.915. The molecule has 3 rings (SSSR count). The van der Waals surface area contributed by atoms with Crippen LogP contribution in [0.15, 0.2) is 28.9 Å². The van der Waals surface area contributed by atoms with Gasteiger partial charge in [0.1, 0.15) is 11.9 Å². The first-order valence-electron chi connectivity index (χ1n) is 6.72. The second-order valence-electron chi connectivity index (χ2n) is 5.21. The van der Waals surface area contributed by atoms with E-state index < -0.39 is 0 Å². The summed E-state index contributed by atoms with van der Waals surface area (Å²) >= 11 is 3.53. The summed E-state index contributed by atoms with van der Waals surface area (Å²) in [5.74, 6) is 0.951. The molecule has 0 fully saturated rings. The predicted molar refractivity (Wildman–Crippen MR) is 81.9 cm³/mol. The Balaban J connectivity index is 1.98. The van der Waals surface area contributed by atoms with E-state index in [1.54, 1.807) is 0 Å². The highest BCUT2D eigenvalue weighted by molar-refractivity contribution is 9.10. The van der Waals surface area contributed by atoms with Crippen LogP contribution in [0.5, 0.6) is 5.75 Å². The smallest absolute Gasteiger partial charge is 0.129 e. The van der Waals surface area contributed by atoms with Crippen LogP contribution in [0.4, 0.5) is 0 Å². The van der Waals surface area contributed by atoms with Crippen molar-refractivity contribution in [1.29, 1.82) is 0 Å². The van der Waals surface area contributed by atoms with Crippen LogP contribution in [0, 0.1) is 6.92 Å². The largest absolute Gasteiger partial charge is 0.485 e. The second kappa shape index (κ2) is 5.22. The minimum Gasteiger partial charge on any atom is -0.485 e. The molecule has 0 saturated heterocycles. The van der Waals surface area contributed by atoms with Crippen molar-refractivity contribution in [1.82, 2.24) is 15.1 Å². The van der Waals surface area contributed by atoms with Gasteiger partial charge in [-0.25, -0.2) is 0 Å². The zero-order valence-electron chi connectivity index (χ0n) is 11.9. The number of rotatable bonds is 2. The molecule has 106 valence electrons. The lowest BCUT2D eigenvalue weighted by Gasteiger charge is -2.32. The zero-order chi connectivity index (χ0) is 14.3. The van der Waals surface area contributed by atoms with Crippen LogP contribution >= 0.6 is 15.9 Å². The fourth-order valence-corrected chi connectivity index (χ4v) is 3.22. The highest BCUT2D eigenvalue weighted by Gasteiger charge is 2.30. The minimum atomic E-state index is 0.0508. The predicted octanol–water partition coefficient (Wildman–Crippen LogP) is 3.28. The van der Waals surface area contributed by atoms with Gasteiger partial charge < -0.3 is 10.1 Å². The molecule has 20 heavy (non-hydrogen) atoms. The van der Waals surface area contributed by atoms with Gasteiger partial charge in [-0.3, -0.25) is 4.68 Å². The van der Waals surface area contributed by atoms with Crippen molar-refractivity contribution in [3.05, 3.63) is 45.7 Å². The third-order valence-corrected chi connectivity index (χ3v) is 4.31. The lowest BCUT2D eigenvalue weighted by molar-refractivity contribution is 0.153. The van der Waals surface area contributed by atoms with Gasteiger partial charge in [0.05, 0.1) is 5.69 Å². The Labute approximate surface area is 127 Å². The molecule has 0 radical (unpaired) electrons. The molecule has 0 amide bonds. The molecule has 0 aliphatic carbocycles. The molecule has 2 heterocycles. The maximum atomic E-state index is 6.19. The number of hydrogen-bond acceptors (Lipinski definition) is 3. The number of nitrogens with one attached hydrogen (secondary N) is 1. The van der Waals surface area contributed by atoms with Gasteiger partial charge in [0.2, 0.25) is 0 Å². The van der Waals surface area contributed by atoms with Gasteiger partial charge in [-0.1, -0.05) is 15.9 Å². The number of nitrogens with zero attached hydrogens (tertiary/aromatic N) is 2. The highest BCUT2D eigenvalue weighted by atomic mass is 79.9. The van der Waals surface area contributed by atoms with Crippen LogP contribution in [0.25, 0.3) is 0 Å². The first-order valence-corrected chi connectivity index (χ1v) is 7.51. The third-order valence-electron chi connectivity index (χ3n) is 3.81. The number of aryl methyl sites for hydroxylation is 2. The van der Waals surface area contributed by atoms with Crippen molar-refractivity contribution in [3.8, 4) is 5.75 Å². The molecular formula is C15H18BrN3O. The lowest BCUT2D eigenvalue weighted by atomic mass is 9.93. The Morgan fingerprint density at radius 2 is 2.20 bits per heavy atom. The fraction of sp³-hybridized carbons (Fsp3) is 0.400. The van der Waals surface area contributed by atoms with Gasteiger partial charge in [-0.05, 0) is 32.2 Å². The van der Waals surface area contributed by atoms with Crippen LogP contribution < -0.4 is 10.1 Å². The molecule has 0 spiro atoms. The van der Waals surface area contributed by atoms with E-state index in [1.165, 1.54) is 11.1 Å². The molecule has 2 atom stereocenters. The lowest BCUT2D eigenvalue weighted by Crippen LogP contribution is -2.26. The van der Waals surface area contributed by atoms with Crippen LogP contribution in [-0.2, 0) is 7.05 Å². The normalized spacial score (nSPS) is 21.4. The van der Waals surface area contributed by atoms with E-state index in [-0.39, 0.29) is 6.10 Å². The zero-order valence-corrected chi connectivity index (χ0v) is 13.4. The maximum absolute atomic E-state index is 6.19. The average molecular weight is 336 g/mol. The minimum absolute atomic E-state index is 0.0508. The van der Waals surface area contributed by atoms with Crippen molar-refractivity contribution in [2.75, 3.05) is 7.05 Å². The van der Waals surface area contributed by atoms with Crippen LogP contribution in [0.3, 0.4) is 0 Å². The van der Waals surface area contributed by atoms with Crippen LogP contribution in [0.2, 0.25) is 0 Å². The van der Waals surface area contributed by atoms with Gasteiger partial charge in [0, 0.05) is 41.3 Å². The number of fused-ring (bicyclic) bond motifs is 1. The summed E-state index contributed by atoms with van der Waals surface area (Å²) in [7, 11) is 3.94. The van der Waals surface area contributed by atoms with E-state index >= 15 is 0 Å². The highest BCUT2D eigenvalue weighted by Crippen LogP contribution is 2.42. The Morgan fingerprint density at radius 3 is 2.85 bits per heavy atom. The van der Waals surface area contributed by atoms with E-state index in [1.807, 2.05) is 37.8 Å². The monoisotopic (exact) mass is 335 g/mol. The third kappa shape index (κ3) is 2.36. The van der Waals surface area contributed by atoms with Crippen LogP contribution in [-0.4, -0.2) is 16.8 Å². The molecule has 1 aromatic carbocycles. The standard InChI is InChI=1S/C15H18BrN3O/c1-9-12(8-19(3)18-9)15-7-13(17-2)11-6-10(16)4-5-14(11)20-15/h4-6,8,13,15,17H,7H2,1-3H3. The molecule has 1 aromatic heterocycles. The van der Waals surface area contributed by atoms with Gasteiger partial charge in [-0.2, -0.15) is 5.10 Å². The summed E-state index contributed by atoms with van der Waals surface area (Å²) in [5.41, 5.74) is 3.41. The van der Waals surface area contributed by atoms with Gasteiger partial charge in [-0.15, -0.1) is 0 Å². The average Bonchev–Trinajstić information content (AvgIpc) is 2.76. The van der Waals surface area contributed by atoms with Gasteiger partial charge in [0.25, 0.3) is 0 Å². The summed E-state index contributed by atoms with van der Waals surface area (Å²) in [5, 5.41) is 7.80. The Hall–Kier alpha value is -1.33. The molecule has 1 aliphatic rings. The number of hydrogen-bond donors (Lipinski definition) is 1. The van der Waals surface area contributed by atoms with E-state index in [0.717, 1.165) is 22.3 Å². The van der Waals surface area contributed by atoms with Crippen molar-refractivity contribution < 1.29 is 4.74 Å². The fourth-order valence-electron chi connectivity index (χ4n) is 2.84. The van der Waals surface area contributed by atoms with Crippen molar-refractivity contribution >= 4 is 15.9 Å². The topological polar surface area (TPSA) is 39.1 Å². The number of ether oxygens (including phenoxy) is 1. The summed E-state index contributed by atoms with van der Waals surface area (Å²) in [6.45, 7) is 2.03.